The third-order valence-corrected chi connectivity index (χ3v) is 2.84. The molecule has 0 aromatic carbocycles. The maximum Gasteiger partial charge on any atom is 0.0132 e. The molecule has 98 valence electrons. The highest BCUT2D eigenvalue weighted by atomic mass is 15.0. The molecule has 0 aliphatic carbocycles. The Balaban J connectivity index is 4.28. The van der Waals surface area contributed by atoms with Gasteiger partial charge in [-0.05, 0) is 38.5 Å². The smallest absolute Gasteiger partial charge is 0.0132 e. The zero-order valence-corrected chi connectivity index (χ0v) is 12.6. The standard InChI is InChI=1S/C15H33N/c1-8-10-13(11-9-2)16-15(6,7)12-14(3,4)5/h13,16H,8-12H2,1-7H3. The van der Waals surface area contributed by atoms with Crippen molar-refractivity contribution < 1.29 is 0 Å². The number of hydrogen-bond acceptors (Lipinski definition) is 1. The van der Waals surface area contributed by atoms with Gasteiger partial charge in [0.15, 0.2) is 0 Å². The maximum absolute atomic E-state index is 3.85. The van der Waals surface area contributed by atoms with Crippen LogP contribution in [0.5, 0.6) is 0 Å². The highest BCUT2D eigenvalue weighted by Crippen LogP contribution is 2.27. The van der Waals surface area contributed by atoms with E-state index in [0.29, 0.717) is 11.5 Å². The second kappa shape index (κ2) is 6.64. The Bertz CT molecular complexity index is 170. The second-order valence-electron chi connectivity index (χ2n) is 7.04. The van der Waals surface area contributed by atoms with Gasteiger partial charge in [-0.3, -0.25) is 0 Å². The van der Waals surface area contributed by atoms with E-state index in [-0.39, 0.29) is 5.54 Å². The van der Waals surface area contributed by atoms with Gasteiger partial charge in [-0.15, -0.1) is 0 Å². The van der Waals surface area contributed by atoms with Crippen molar-refractivity contribution in [3.8, 4) is 0 Å². The van der Waals surface area contributed by atoms with Gasteiger partial charge in [0, 0.05) is 11.6 Å². The molecular formula is C15H33N. The molecule has 0 aliphatic rings. The number of rotatable bonds is 7. The van der Waals surface area contributed by atoms with Gasteiger partial charge in [0.1, 0.15) is 0 Å². The first-order chi connectivity index (χ1) is 7.20. The SMILES string of the molecule is CCCC(CCC)NC(C)(C)CC(C)(C)C. The maximum atomic E-state index is 3.85. The summed E-state index contributed by atoms with van der Waals surface area (Å²) in [6.07, 6.45) is 6.40. The lowest BCUT2D eigenvalue weighted by molar-refractivity contribution is 0.214. The quantitative estimate of drug-likeness (QED) is 0.661. The molecule has 0 atom stereocenters. The molecule has 1 N–H and O–H groups in total. The minimum Gasteiger partial charge on any atom is -0.309 e. The zero-order valence-electron chi connectivity index (χ0n) is 12.6. The van der Waals surface area contributed by atoms with E-state index in [9.17, 15) is 0 Å². The molecule has 0 unspecified atom stereocenters. The second-order valence-corrected chi connectivity index (χ2v) is 7.04. The van der Waals surface area contributed by atoms with Gasteiger partial charge in [0.2, 0.25) is 0 Å². The van der Waals surface area contributed by atoms with Crippen LogP contribution in [0.15, 0.2) is 0 Å². The van der Waals surface area contributed by atoms with Crippen LogP contribution < -0.4 is 5.32 Å². The molecule has 0 amide bonds. The Morgan fingerprint density at radius 3 is 1.62 bits per heavy atom. The van der Waals surface area contributed by atoms with Gasteiger partial charge in [-0.25, -0.2) is 0 Å². The van der Waals surface area contributed by atoms with Crippen LogP contribution in [0.2, 0.25) is 0 Å². The van der Waals surface area contributed by atoms with Gasteiger partial charge in [-0.2, -0.15) is 0 Å². The van der Waals surface area contributed by atoms with E-state index in [2.05, 4.69) is 53.8 Å². The van der Waals surface area contributed by atoms with Crippen molar-refractivity contribution in [1.29, 1.82) is 0 Å². The van der Waals surface area contributed by atoms with Crippen LogP contribution in [0.1, 0.15) is 80.6 Å². The average molecular weight is 227 g/mol. The molecule has 1 nitrogen and oxygen atoms in total. The van der Waals surface area contributed by atoms with Crippen LogP contribution in [0, 0.1) is 5.41 Å². The van der Waals surface area contributed by atoms with Gasteiger partial charge >= 0.3 is 0 Å². The number of hydrogen-bond donors (Lipinski definition) is 1. The summed E-state index contributed by atoms with van der Waals surface area (Å²) in [5.74, 6) is 0. The van der Waals surface area contributed by atoms with Gasteiger partial charge < -0.3 is 5.32 Å². The average Bonchev–Trinajstić information content (AvgIpc) is 1.98. The van der Waals surface area contributed by atoms with Crippen molar-refractivity contribution in [2.45, 2.75) is 92.2 Å². The van der Waals surface area contributed by atoms with Crippen LogP contribution >= 0.6 is 0 Å². The Labute approximate surface area is 103 Å². The van der Waals surface area contributed by atoms with Crippen LogP contribution in [-0.2, 0) is 0 Å². The fourth-order valence-corrected chi connectivity index (χ4v) is 2.92. The van der Waals surface area contributed by atoms with E-state index >= 15 is 0 Å². The molecule has 1 heteroatoms. The van der Waals surface area contributed by atoms with Crippen LogP contribution in [0.3, 0.4) is 0 Å². The van der Waals surface area contributed by atoms with Crippen LogP contribution in [0.25, 0.3) is 0 Å². The molecule has 16 heavy (non-hydrogen) atoms. The lowest BCUT2D eigenvalue weighted by Crippen LogP contribution is -2.48. The third kappa shape index (κ3) is 8.15. The molecule has 0 aromatic rings. The predicted octanol–water partition coefficient (Wildman–Crippen LogP) is 4.76. The third-order valence-electron chi connectivity index (χ3n) is 2.84. The van der Waals surface area contributed by atoms with E-state index in [4.69, 9.17) is 0 Å². The van der Waals surface area contributed by atoms with Crippen molar-refractivity contribution in [2.24, 2.45) is 5.41 Å². The van der Waals surface area contributed by atoms with Crippen molar-refractivity contribution in [1.82, 2.24) is 5.32 Å². The van der Waals surface area contributed by atoms with Gasteiger partial charge in [0.25, 0.3) is 0 Å². The fraction of sp³-hybridized carbons (Fsp3) is 1.00. The summed E-state index contributed by atoms with van der Waals surface area (Å²) in [6, 6.07) is 0.701. The topological polar surface area (TPSA) is 12.0 Å². The van der Waals surface area contributed by atoms with Gasteiger partial charge in [-0.1, -0.05) is 47.5 Å². The largest absolute Gasteiger partial charge is 0.309 e. The summed E-state index contributed by atoms with van der Waals surface area (Å²) in [7, 11) is 0. The summed E-state index contributed by atoms with van der Waals surface area (Å²) < 4.78 is 0. The van der Waals surface area contributed by atoms with Gasteiger partial charge in [0.05, 0.1) is 0 Å². The molecule has 0 aromatic heterocycles. The highest BCUT2D eigenvalue weighted by Gasteiger charge is 2.27. The minimum atomic E-state index is 0.257. The fourth-order valence-electron chi connectivity index (χ4n) is 2.92. The lowest BCUT2D eigenvalue weighted by Gasteiger charge is -2.37. The summed E-state index contributed by atoms with van der Waals surface area (Å²) in [4.78, 5) is 0. The molecule has 0 rings (SSSR count). The molecule has 0 saturated heterocycles. The Kier molecular flexibility index (Phi) is 6.62. The first-order valence-electron chi connectivity index (χ1n) is 6.98. The van der Waals surface area contributed by atoms with Crippen molar-refractivity contribution in [3.63, 3.8) is 0 Å². The molecule has 0 fully saturated rings. The zero-order chi connectivity index (χ0) is 12.8. The summed E-state index contributed by atoms with van der Waals surface area (Å²) in [6.45, 7) is 16.2. The molecule has 0 aliphatic heterocycles. The van der Waals surface area contributed by atoms with E-state index in [1.54, 1.807) is 0 Å². The highest BCUT2D eigenvalue weighted by molar-refractivity contribution is 4.86. The van der Waals surface area contributed by atoms with E-state index in [1.807, 2.05) is 0 Å². The summed E-state index contributed by atoms with van der Waals surface area (Å²) >= 11 is 0. The predicted molar refractivity (Wildman–Crippen MR) is 74.9 cm³/mol. The minimum absolute atomic E-state index is 0.257. The molecule has 0 saturated carbocycles. The molecular weight excluding hydrogens is 194 g/mol. The number of nitrogens with one attached hydrogen (secondary N) is 1. The molecule has 0 bridgehead atoms. The van der Waals surface area contributed by atoms with Crippen molar-refractivity contribution in [2.75, 3.05) is 0 Å². The van der Waals surface area contributed by atoms with Crippen molar-refractivity contribution in [3.05, 3.63) is 0 Å². The van der Waals surface area contributed by atoms with Crippen LogP contribution in [0.4, 0.5) is 0 Å². The van der Waals surface area contributed by atoms with Crippen molar-refractivity contribution >= 4 is 0 Å². The lowest BCUT2D eigenvalue weighted by atomic mass is 9.81. The Hall–Kier alpha value is -0.0400. The molecule has 0 spiro atoms. The molecule has 0 heterocycles. The summed E-state index contributed by atoms with van der Waals surface area (Å²) in [5, 5.41) is 3.85. The van der Waals surface area contributed by atoms with E-state index < -0.39 is 0 Å². The normalized spacial score (nSPS) is 13.5. The molecule has 0 radical (unpaired) electrons. The first-order valence-corrected chi connectivity index (χ1v) is 6.98. The van der Waals surface area contributed by atoms with E-state index in [1.165, 1.54) is 32.1 Å². The Morgan fingerprint density at radius 1 is 0.875 bits per heavy atom. The van der Waals surface area contributed by atoms with E-state index in [0.717, 1.165) is 0 Å². The Morgan fingerprint density at radius 2 is 1.31 bits per heavy atom. The monoisotopic (exact) mass is 227 g/mol. The van der Waals surface area contributed by atoms with Crippen LogP contribution in [-0.4, -0.2) is 11.6 Å². The first kappa shape index (κ1) is 16.0. The summed E-state index contributed by atoms with van der Waals surface area (Å²) in [5.41, 5.74) is 0.659.